The molecule has 0 radical (unpaired) electrons. The van der Waals surface area contributed by atoms with Crippen LogP contribution < -0.4 is 5.32 Å². The van der Waals surface area contributed by atoms with Crippen LogP contribution in [0.4, 0.5) is 0 Å². The molecule has 1 aliphatic heterocycles. The summed E-state index contributed by atoms with van der Waals surface area (Å²) in [7, 11) is 0. The summed E-state index contributed by atoms with van der Waals surface area (Å²) >= 11 is 0. The van der Waals surface area contributed by atoms with E-state index in [9.17, 15) is 4.79 Å². The second-order valence-electron chi connectivity index (χ2n) is 5.97. The minimum absolute atomic E-state index is 0.342. The molecule has 1 aliphatic carbocycles. The first-order valence-electron chi connectivity index (χ1n) is 7.28. The van der Waals surface area contributed by atoms with E-state index < -0.39 is 0 Å². The molecule has 0 spiro atoms. The summed E-state index contributed by atoms with van der Waals surface area (Å²) in [6.07, 6.45) is 3.08. The van der Waals surface area contributed by atoms with Gasteiger partial charge in [0.2, 0.25) is 5.91 Å². The molecule has 0 atom stereocenters. The van der Waals surface area contributed by atoms with Crippen LogP contribution in [0.5, 0.6) is 0 Å². The topological polar surface area (TPSA) is 32.3 Å². The number of carbonyl (C=O) groups excluding carboxylic acids is 1. The highest BCUT2D eigenvalue weighted by molar-refractivity contribution is 5.77. The quantitative estimate of drug-likeness (QED) is 0.877. The number of nitrogens with one attached hydrogen (secondary N) is 1. The van der Waals surface area contributed by atoms with Gasteiger partial charge in [-0.25, -0.2) is 0 Å². The van der Waals surface area contributed by atoms with Crippen LogP contribution in [-0.2, 0) is 11.3 Å². The smallest absolute Gasteiger partial charge is 0.223 e. The molecule has 3 nitrogen and oxygen atoms in total. The van der Waals surface area contributed by atoms with Gasteiger partial charge in [0.05, 0.1) is 0 Å². The highest BCUT2D eigenvalue weighted by Crippen LogP contribution is 2.29. The normalized spacial score (nSPS) is 19.0. The molecule has 3 rings (SSSR count). The Balaban J connectivity index is 1.63. The van der Waals surface area contributed by atoms with Gasteiger partial charge in [-0.3, -0.25) is 4.79 Å². The summed E-state index contributed by atoms with van der Waals surface area (Å²) in [5, 5.41) is 3.24. The van der Waals surface area contributed by atoms with Crippen molar-refractivity contribution < 1.29 is 4.79 Å². The van der Waals surface area contributed by atoms with Crippen molar-refractivity contribution in [1.82, 2.24) is 10.2 Å². The van der Waals surface area contributed by atoms with Gasteiger partial charge in [-0.1, -0.05) is 29.8 Å². The molecule has 1 heterocycles. The first kappa shape index (κ1) is 12.7. The van der Waals surface area contributed by atoms with E-state index in [4.69, 9.17) is 0 Å². The van der Waals surface area contributed by atoms with Crippen LogP contribution in [0.2, 0.25) is 0 Å². The van der Waals surface area contributed by atoms with Crippen LogP contribution in [-0.4, -0.2) is 29.9 Å². The maximum Gasteiger partial charge on any atom is 0.223 e. The van der Waals surface area contributed by atoms with E-state index in [-0.39, 0.29) is 0 Å². The Morgan fingerprint density at radius 3 is 2.47 bits per heavy atom. The fourth-order valence-corrected chi connectivity index (χ4v) is 2.55. The second-order valence-corrected chi connectivity index (χ2v) is 5.97. The van der Waals surface area contributed by atoms with Crippen LogP contribution in [0.25, 0.3) is 0 Å². The number of aryl methyl sites for hydroxylation is 1. The molecule has 1 N–H and O–H groups in total. The number of nitrogens with zero attached hydrogens (tertiary/aromatic N) is 1. The van der Waals surface area contributed by atoms with Crippen molar-refractivity contribution in [2.45, 2.75) is 38.8 Å². The predicted molar refractivity (Wildman–Crippen MR) is 75.7 cm³/mol. The first-order valence-corrected chi connectivity index (χ1v) is 7.28. The third-order valence-electron chi connectivity index (χ3n) is 4.11. The molecule has 1 aromatic carbocycles. The Hall–Kier alpha value is -1.35. The Bertz CT molecular complexity index is 446. The van der Waals surface area contributed by atoms with E-state index in [1.54, 1.807) is 0 Å². The first-order chi connectivity index (χ1) is 9.22. The SMILES string of the molecule is Cc1ccc(CN(C(=O)CC2CNC2)C2CC2)cc1. The highest BCUT2D eigenvalue weighted by atomic mass is 16.2. The number of amides is 1. The van der Waals surface area contributed by atoms with Gasteiger partial charge in [0.1, 0.15) is 0 Å². The molecule has 102 valence electrons. The molecule has 1 saturated carbocycles. The number of benzene rings is 1. The van der Waals surface area contributed by atoms with E-state index in [0.29, 0.717) is 17.9 Å². The van der Waals surface area contributed by atoms with Gasteiger partial charge < -0.3 is 10.2 Å². The molecule has 0 bridgehead atoms. The number of hydrogen-bond donors (Lipinski definition) is 1. The summed E-state index contributed by atoms with van der Waals surface area (Å²) in [6.45, 7) is 4.89. The third-order valence-corrected chi connectivity index (χ3v) is 4.11. The van der Waals surface area contributed by atoms with E-state index >= 15 is 0 Å². The lowest BCUT2D eigenvalue weighted by molar-refractivity contribution is -0.133. The average Bonchev–Trinajstić information content (AvgIpc) is 3.17. The molecule has 0 unspecified atom stereocenters. The minimum atomic E-state index is 0.342. The van der Waals surface area contributed by atoms with Crippen molar-refractivity contribution in [3.8, 4) is 0 Å². The lowest BCUT2D eigenvalue weighted by Crippen LogP contribution is -2.45. The number of rotatable bonds is 5. The van der Waals surface area contributed by atoms with Crippen molar-refractivity contribution >= 4 is 5.91 Å². The summed E-state index contributed by atoms with van der Waals surface area (Å²) in [6, 6.07) is 9.04. The van der Waals surface area contributed by atoms with Gasteiger partial charge in [-0.2, -0.15) is 0 Å². The fourth-order valence-electron chi connectivity index (χ4n) is 2.55. The molecular weight excluding hydrogens is 236 g/mol. The summed E-state index contributed by atoms with van der Waals surface area (Å²) in [4.78, 5) is 14.5. The van der Waals surface area contributed by atoms with Gasteiger partial charge in [-0.15, -0.1) is 0 Å². The van der Waals surface area contributed by atoms with E-state index in [0.717, 1.165) is 26.1 Å². The molecule has 1 saturated heterocycles. The largest absolute Gasteiger partial charge is 0.335 e. The second kappa shape index (κ2) is 5.33. The zero-order valence-corrected chi connectivity index (χ0v) is 11.6. The van der Waals surface area contributed by atoms with Crippen molar-refractivity contribution in [1.29, 1.82) is 0 Å². The Morgan fingerprint density at radius 1 is 1.26 bits per heavy atom. The van der Waals surface area contributed by atoms with Gasteiger partial charge in [0.15, 0.2) is 0 Å². The third kappa shape index (κ3) is 3.16. The van der Waals surface area contributed by atoms with Crippen molar-refractivity contribution in [2.24, 2.45) is 5.92 Å². The van der Waals surface area contributed by atoms with E-state index in [2.05, 4.69) is 41.4 Å². The molecule has 3 heteroatoms. The Kier molecular flexibility index (Phi) is 3.56. The predicted octanol–water partition coefficient (Wildman–Crippen LogP) is 2.10. The monoisotopic (exact) mass is 258 g/mol. The summed E-state index contributed by atoms with van der Waals surface area (Å²) in [5.41, 5.74) is 2.52. The van der Waals surface area contributed by atoms with Gasteiger partial charge in [-0.05, 0) is 44.3 Å². The highest BCUT2D eigenvalue weighted by Gasteiger charge is 2.34. The molecule has 2 fully saturated rings. The van der Waals surface area contributed by atoms with E-state index in [1.807, 2.05) is 0 Å². The van der Waals surface area contributed by atoms with Crippen LogP contribution in [0.3, 0.4) is 0 Å². The zero-order valence-electron chi connectivity index (χ0n) is 11.6. The fraction of sp³-hybridized carbons (Fsp3) is 0.562. The van der Waals surface area contributed by atoms with Crippen LogP contribution in [0, 0.1) is 12.8 Å². The molecule has 0 aromatic heterocycles. The van der Waals surface area contributed by atoms with Gasteiger partial charge in [0.25, 0.3) is 0 Å². The molecule has 2 aliphatic rings. The number of carbonyl (C=O) groups is 1. The number of hydrogen-bond acceptors (Lipinski definition) is 2. The molecule has 19 heavy (non-hydrogen) atoms. The van der Waals surface area contributed by atoms with Crippen molar-refractivity contribution in [3.63, 3.8) is 0 Å². The van der Waals surface area contributed by atoms with Crippen molar-refractivity contribution in [3.05, 3.63) is 35.4 Å². The van der Waals surface area contributed by atoms with Crippen molar-refractivity contribution in [2.75, 3.05) is 13.1 Å². The van der Waals surface area contributed by atoms with E-state index in [1.165, 1.54) is 24.0 Å². The summed E-state index contributed by atoms with van der Waals surface area (Å²) in [5.74, 6) is 0.904. The maximum atomic E-state index is 12.4. The summed E-state index contributed by atoms with van der Waals surface area (Å²) < 4.78 is 0. The lowest BCUT2D eigenvalue weighted by atomic mass is 9.98. The molecular formula is C16H22N2O. The standard InChI is InChI=1S/C16H22N2O/c1-12-2-4-13(5-3-12)11-18(15-6-7-15)16(19)8-14-9-17-10-14/h2-5,14-15,17H,6-11H2,1H3. The average molecular weight is 258 g/mol. The lowest BCUT2D eigenvalue weighted by Gasteiger charge is -2.30. The van der Waals surface area contributed by atoms with Gasteiger partial charge in [0, 0.05) is 19.0 Å². The van der Waals surface area contributed by atoms with Crippen LogP contribution in [0.15, 0.2) is 24.3 Å². The Morgan fingerprint density at radius 2 is 1.95 bits per heavy atom. The Labute approximate surface area is 115 Å². The maximum absolute atomic E-state index is 12.4. The van der Waals surface area contributed by atoms with Crippen LogP contribution >= 0.6 is 0 Å². The minimum Gasteiger partial charge on any atom is -0.335 e. The van der Waals surface area contributed by atoms with Crippen LogP contribution in [0.1, 0.15) is 30.4 Å². The molecule has 1 aromatic rings. The molecule has 1 amide bonds. The zero-order chi connectivity index (χ0) is 13.2. The van der Waals surface area contributed by atoms with Gasteiger partial charge >= 0.3 is 0 Å².